The first-order chi connectivity index (χ1) is 31.0. The van der Waals surface area contributed by atoms with Crippen molar-refractivity contribution < 1.29 is 26.2 Å². The van der Waals surface area contributed by atoms with Crippen molar-refractivity contribution in [1.29, 1.82) is 0 Å². The first kappa shape index (κ1) is 44.7. The summed E-state index contributed by atoms with van der Waals surface area (Å²) in [4.78, 5) is 0. The normalized spacial score (nSPS) is 12.2. The molecule has 2 unspecified atom stereocenters. The molecule has 64 heavy (non-hydrogen) atoms. The zero-order valence-corrected chi connectivity index (χ0v) is 40.7. The molecule has 309 valence electrons. The summed E-state index contributed by atoms with van der Waals surface area (Å²) in [5, 5.41) is 8.14. The van der Waals surface area contributed by atoms with E-state index in [9.17, 15) is 0 Å². The summed E-state index contributed by atoms with van der Waals surface area (Å²) in [5.74, 6) is 1.13. The van der Waals surface area contributed by atoms with E-state index in [1.165, 1.54) is 98.7 Å². The van der Waals surface area contributed by atoms with Gasteiger partial charge >= 0.3 is 26.2 Å². The molecule has 0 aromatic heterocycles. The Morgan fingerprint density at radius 3 is 1.36 bits per heavy atom. The summed E-state index contributed by atoms with van der Waals surface area (Å²) in [6.45, 7) is 9.16. The first-order valence-corrected chi connectivity index (χ1v) is 23.6. The molecule has 10 aromatic rings. The van der Waals surface area contributed by atoms with Crippen molar-refractivity contribution in [2.45, 2.75) is 52.4 Å². The van der Waals surface area contributed by atoms with Crippen molar-refractivity contribution in [3.63, 3.8) is 0 Å². The Morgan fingerprint density at radius 1 is 0.438 bits per heavy atom. The van der Waals surface area contributed by atoms with Crippen LogP contribution in [0.1, 0.15) is 63.5 Å². The molecule has 0 nitrogen and oxygen atoms in total. The largest absolute Gasteiger partial charge is 3.00 e. The molecule has 0 saturated carbocycles. The number of rotatable bonds is 8. The van der Waals surface area contributed by atoms with Crippen LogP contribution in [0.4, 0.5) is 0 Å². The molecule has 1 heterocycles. The molecule has 0 N–H and O–H groups in total. The van der Waals surface area contributed by atoms with Gasteiger partial charge in [-0.3, -0.25) is 0 Å². The smallest absolute Gasteiger partial charge is 0.184 e. The van der Waals surface area contributed by atoms with Crippen molar-refractivity contribution in [2.75, 3.05) is 0 Å². The summed E-state index contributed by atoms with van der Waals surface area (Å²) in [7, 11) is 0.795. The summed E-state index contributed by atoms with van der Waals surface area (Å²) < 4.78 is 0. The van der Waals surface area contributed by atoms with Gasteiger partial charge in [0.25, 0.3) is 0 Å². The molecule has 0 amide bonds. The summed E-state index contributed by atoms with van der Waals surface area (Å²) in [6.07, 6.45) is 2.31. The maximum atomic E-state index is 3.31. The fourth-order valence-corrected chi connectivity index (χ4v) is 10.4. The minimum atomic E-state index is 0. The van der Waals surface area contributed by atoms with Crippen molar-refractivity contribution >= 4 is 41.4 Å². The standard InChI is InChI=1S/2C25H23.C12H7Si.Zr/c2*1-3-18(2)22-13-7-8-14-23(22)24-15-9-12-20-16-21(17-25(20)24)19-10-5-4-6-11-19;1-3-7-11-9(5-1)10-6-2-4-8-12(10)13-11;/h2*4-18H,3H2,1-2H3;1-7H;/q3*-1;+3. The van der Waals surface area contributed by atoms with Crippen LogP contribution in [0, 0.1) is 6.07 Å². The molecular formula is C62H53SiZr. The van der Waals surface area contributed by atoms with Crippen LogP contribution in [-0.4, -0.2) is 9.52 Å². The average molecular weight is 917 g/mol. The van der Waals surface area contributed by atoms with Gasteiger partial charge in [-0.25, -0.2) is 0 Å². The Labute approximate surface area is 402 Å². The molecule has 3 radical (unpaired) electrons. The second kappa shape index (κ2) is 20.7. The monoisotopic (exact) mass is 915 g/mol. The van der Waals surface area contributed by atoms with Gasteiger partial charge in [0.05, 0.1) is 9.52 Å². The Kier molecular flexibility index (Phi) is 14.5. The minimum absolute atomic E-state index is 0. The van der Waals surface area contributed by atoms with E-state index >= 15 is 0 Å². The molecule has 11 rings (SSSR count). The minimum Gasteiger partial charge on any atom is -0.184 e. The van der Waals surface area contributed by atoms with E-state index in [4.69, 9.17) is 0 Å². The van der Waals surface area contributed by atoms with Crippen LogP contribution >= 0.6 is 0 Å². The number of hydrogen-bond donors (Lipinski definition) is 0. The predicted molar refractivity (Wildman–Crippen MR) is 274 cm³/mol. The van der Waals surface area contributed by atoms with Crippen LogP contribution in [0.5, 0.6) is 0 Å². The molecule has 0 bridgehead atoms. The summed E-state index contributed by atoms with van der Waals surface area (Å²) in [6, 6.07) is 79.8. The zero-order chi connectivity index (χ0) is 43.1. The fraction of sp³-hybridized carbons (Fsp3) is 0.129. The molecule has 0 fully saturated rings. The maximum absolute atomic E-state index is 3.31. The molecule has 0 spiro atoms. The van der Waals surface area contributed by atoms with Crippen LogP contribution in [0.25, 0.3) is 77.2 Å². The second-order valence-electron chi connectivity index (χ2n) is 16.8. The van der Waals surface area contributed by atoms with Gasteiger partial charge in [0, 0.05) is 0 Å². The topological polar surface area (TPSA) is 0 Å². The van der Waals surface area contributed by atoms with Crippen LogP contribution in [0.3, 0.4) is 0 Å². The number of fused-ring (bicyclic) bond motifs is 5. The van der Waals surface area contributed by atoms with Gasteiger partial charge in [-0.1, -0.05) is 218 Å². The fourth-order valence-electron chi connectivity index (χ4n) is 9.04. The molecule has 1 aliphatic rings. The molecular weight excluding hydrogens is 864 g/mol. The van der Waals surface area contributed by atoms with E-state index in [0.29, 0.717) is 11.8 Å². The molecule has 2 heteroatoms. The van der Waals surface area contributed by atoms with E-state index in [1.54, 1.807) is 0 Å². The van der Waals surface area contributed by atoms with Crippen molar-refractivity contribution in [3.8, 4) is 55.6 Å². The third-order valence-electron chi connectivity index (χ3n) is 12.8. The third-order valence-corrected chi connectivity index (χ3v) is 14.2. The Morgan fingerprint density at radius 2 is 0.859 bits per heavy atom. The third kappa shape index (κ3) is 9.46. The first-order valence-electron chi connectivity index (χ1n) is 22.6. The quantitative estimate of drug-likeness (QED) is 0.105. The molecule has 0 saturated heterocycles. The number of benzene rings is 8. The van der Waals surface area contributed by atoms with E-state index in [1.807, 2.05) is 6.07 Å². The molecule has 2 atom stereocenters. The summed E-state index contributed by atoms with van der Waals surface area (Å²) in [5.41, 5.74) is 16.2. The van der Waals surface area contributed by atoms with Gasteiger partial charge in [0.15, 0.2) is 0 Å². The zero-order valence-electron chi connectivity index (χ0n) is 37.3. The second-order valence-corrected chi connectivity index (χ2v) is 18.0. The Bertz CT molecular complexity index is 2890. The van der Waals surface area contributed by atoms with E-state index in [-0.39, 0.29) is 26.2 Å². The SMILES string of the molecule is CCC(C)c1ccccc1-c1cccc2[cH-]c(-c3ccccc3)cc12.CCC(C)c1ccccc1-c1cccc2[cH-]c(-c3ccccc3)cc12.[Zr+3].[c-]1cccc2c1[Si]c1ccccc1-2. The maximum Gasteiger partial charge on any atom is 3.00 e. The van der Waals surface area contributed by atoms with Gasteiger partial charge in [0.1, 0.15) is 0 Å². The van der Waals surface area contributed by atoms with Gasteiger partial charge in [-0.05, 0) is 46.9 Å². The number of hydrogen-bond acceptors (Lipinski definition) is 0. The van der Waals surface area contributed by atoms with E-state index < -0.39 is 0 Å². The van der Waals surface area contributed by atoms with Gasteiger partial charge < -0.3 is 0 Å². The van der Waals surface area contributed by atoms with Crippen molar-refractivity contribution in [1.82, 2.24) is 0 Å². The van der Waals surface area contributed by atoms with E-state index in [2.05, 4.69) is 240 Å². The van der Waals surface area contributed by atoms with Gasteiger partial charge in [-0.15, -0.1) is 74.6 Å². The summed E-state index contributed by atoms with van der Waals surface area (Å²) >= 11 is 0. The van der Waals surface area contributed by atoms with Gasteiger partial charge in [-0.2, -0.15) is 29.5 Å². The van der Waals surface area contributed by atoms with Crippen LogP contribution in [-0.2, 0) is 26.2 Å². The van der Waals surface area contributed by atoms with Gasteiger partial charge in [0.2, 0.25) is 0 Å². The Balaban J connectivity index is 0.000000136. The Hall–Kier alpha value is -5.92. The van der Waals surface area contributed by atoms with Crippen LogP contribution in [0.2, 0.25) is 0 Å². The average Bonchev–Trinajstić information content (AvgIpc) is 4.10. The van der Waals surface area contributed by atoms with Crippen molar-refractivity contribution in [3.05, 3.63) is 230 Å². The van der Waals surface area contributed by atoms with E-state index in [0.717, 1.165) is 22.4 Å². The molecule has 1 aliphatic heterocycles. The molecule has 10 aromatic carbocycles. The van der Waals surface area contributed by atoms with Crippen LogP contribution < -0.4 is 10.4 Å². The predicted octanol–water partition coefficient (Wildman–Crippen LogP) is 15.9. The van der Waals surface area contributed by atoms with Crippen molar-refractivity contribution in [2.24, 2.45) is 0 Å². The molecule has 0 aliphatic carbocycles. The van der Waals surface area contributed by atoms with Crippen LogP contribution in [0.15, 0.2) is 212 Å².